The summed E-state index contributed by atoms with van der Waals surface area (Å²) in [5.41, 5.74) is 0.930. The molecule has 3 aromatic rings. The number of amides is 1. The van der Waals surface area contributed by atoms with Gasteiger partial charge in [-0.25, -0.2) is 4.39 Å². The lowest BCUT2D eigenvalue weighted by atomic mass is 9.95. The summed E-state index contributed by atoms with van der Waals surface area (Å²) in [6.07, 6.45) is 3.16. The molecule has 0 bridgehead atoms. The molecule has 1 saturated heterocycles. The second-order valence-corrected chi connectivity index (χ2v) is 7.25. The number of rotatable bonds is 4. The van der Waals surface area contributed by atoms with Gasteiger partial charge in [-0.2, -0.15) is 0 Å². The number of aliphatic hydroxyl groups excluding tert-OH is 1. The average Bonchev–Trinajstić information content (AvgIpc) is 3.00. The number of ketones is 1. The van der Waals surface area contributed by atoms with Crippen molar-refractivity contribution in [2.45, 2.75) is 12.6 Å². The molecule has 7 heteroatoms. The van der Waals surface area contributed by atoms with Gasteiger partial charge in [0, 0.05) is 35.1 Å². The standard InChI is InChI=1S/C23H16ClFN2O3/c24-16-9-7-15(8-10-16)21(28)19-20(17-5-1-2-6-18(17)25)27(23(30)22(19)29)13-14-4-3-11-26-12-14/h1-12,20,28H,13H2/b21-19+/t20-/m0/s1. The monoisotopic (exact) mass is 422 g/mol. The van der Waals surface area contributed by atoms with Gasteiger partial charge in [0.05, 0.1) is 11.6 Å². The molecule has 30 heavy (non-hydrogen) atoms. The Labute approximate surface area is 177 Å². The number of carbonyl (C=O) groups is 2. The molecule has 1 fully saturated rings. The molecule has 2 heterocycles. The molecule has 1 amide bonds. The maximum absolute atomic E-state index is 14.7. The van der Waals surface area contributed by atoms with Crippen molar-refractivity contribution in [2.24, 2.45) is 0 Å². The van der Waals surface area contributed by atoms with Crippen LogP contribution in [0.2, 0.25) is 5.02 Å². The van der Waals surface area contributed by atoms with E-state index < -0.39 is 23.5 Å². The number of halogens is 2. The van der Waals surface area contributed by atoms with Gasteiger partial charge >= 0.3 is 0 Å². The van der Waals surface area contributed by atoms with Crippen LogP contribution in [0.15, 0.2) is 78.6 Å². The minimum Gasteiger partial charge on any atom is -0.507 e. The minimum absolute atomic E-state index is 0.0365. The van der Waals surface area contributed by atoms with Crippen LogP contribution in [0.5, 0.6) is 0 Å². The Bertz CT molecular complexity index is 1150. The molecule has 0 spiro atoms. The third kappa shape index (κ3) is 3.57. The van der Waals surface area contributed by atoms with Gasteiger partial charge in [0.1, 0.15) is 11.6 Å². The summed E-state index contributed by atoms with van der Waals surface area (Å²) < 4.78 is 14.7. The fourth-order valence-corrected chi connectivity index (χ4v) is 3.64. The van der Waals surface area contributed by atoms with Crippen molar-refractivity contribution in [1.82, 2.24) is 9.88 Å². The summed E-state index contributed by atoms with van der Waals surface area (Å²) in [5.74, 6) is -2.66. The molecule has 150 valence electrons. The fraction of sp³-hybridized carbons (Fsp3) is 0.0870. The first kappa shape index (κ1) is 19.8. The highest BCUT2D eigenvalue weighted by atomic mass is 35.5. The topological polar surface area (TPSA) is 70.5 Å². The number of nitrogens with zero attached hydrogens (tertiary/aromatic N) is 2. The van der Waals surface area contributed by atoms with Crippen LogP contribution in [0.25, 0.3) is 5.76 Å². The van der Waals surface area contributed by atoms with Crippen molar-refractivity contribution < 1.29 is 19.1 Å². The Morgan fingerprint density at radius 2 is 1.80 bits per heavy atom. The zero-order valence-corrected chi connectivity index (χ0v) is 16.4. The number of likely N-dealkylation sites (tertiary alicyclic amines) is 1. The lowest BCUT2D eigenvalue weighted by Crippen LogP contribution is -2.29. The van der Waals surface area contributed by atoms with Crippen LogP contribution in [0.3, 0.4) is 0 Å². The Hall–Kier alpha value is -3.51. The van der Waals surface area contributed by atoms with Gasteiger partial charge in [0.15, 0.2) is 0 Å². The molecule has 0 saturated carbocycles. The molecular formula is C23H16ClFN2O3. The lowest BCUT2D eigenvalue weighted by molar-refractivity contribution is -0.140. The van der Waals surface area contributed by atoms with Crippen molar-refractivity contribution in [2.75, 3.05) is 0 Å². The van der Waals surface area contributed by atoms with Crippen LogP contribution in [0, 0.1) is 5.82 Å². The van der Waals surface area contributed by atoms with Crippen LogP contribution >= 0.6 is 11.6 Å². The predicted octanol–water partition coefficient (Wildman–Crippen LogP) is 4.50. The van der Waals surface area contributed by atoms with E-state index >= 15 is 0 Å². The van der Waals surface area contributed by atoms with Gasteiger partial charge in [-0.15, -0.1) is 0 Å². The van der Waals surface area contributed by atoms with E-state index in [1.165, 1.54) is 35.2 Å². The number of aliphatic hydroxyl groups is 1. The van der Waals surface area contributed by atoms with Crippen LogP contribution in [-0.2, 0) is 16.1 Å². The van der Waals surface area contributed by atoms with Gasteiger partial charge in [-0.05, 0) is 42.0 Å². The third-order valence-corrected chi connectivity index (χ3v) is 5.19. The van der Waals surface area contributed by atoms with Gasteiger partial charge in [0.2, 0.25) is 0 Å². The summed E-state index contributed by atoms with van der Waals surface area (Å²) in [6, 6.07) is 14.4. The van der Waals surface area contributed by atoms with Crippen molar-refractivity contribution in [1.29, 1.82) is 0 Å². The first-order valence-electron chi connectivity index (χ1n) is 9.15. The molecule has 5 nitrogen and oxygen atoms in total. The number of benzene rings is 2. The Morgan fingerprint density at radius 1 is 1.07 bits per heavy atom. The molecule has 2 aromatic carbocycles. The van der Waals surface area contributed by atoms with Gasteiger partial charge in [-0.1, -0.05) is 35.9 Å². The smallest absolute Gasteiger partial charge is 0.295 e. The second kappa shape index (κ2) is 8.08. The normalized spacial score (nSPS) is 18.1. The molecule has 0 radical (unpaired) electrons. The quantitative estimate of drug-likeness (QED) is 0.382. The first-order valence-corrected chi connectivity index (χ1v) is 9.53. The summed E-state index contributed by atoms with van der Waals surface area (Å²) in [6.45, 7) is 0.0365. The largest absolute Gasteiger partial charge is 0.507 e. The van der Waals surface area contributed by atoms with Crippen LogP contribution in [-0.4, -0.2) is 26.7 Å². The second-order valence-electron chi connectivity index (χ2n) is 6.82. The van der Waals surface area contributed by atoms with E-state index in [1.54, 1.807) is 42.7 Å². The van der Waals surface area contributed by atoms with Crippen LogP contribution in [0.1, 0.15) is 22.7 Å². The van der Waals surface area contributed by atoms with Crippen molar-refractivity contribution >= 4 is 29.1 Å². The number of hydrogen-bond acceptors (Lipinski definition) is 4. The maximum Gasteiger partial charge on any atom is 0.295 e. The third-order valence-electron chi connectivity index (χ3n) is 4.93. The molecule has 1 aromatic heterocycles. The van der Waals surface area contributed by atoms with E-state index in [9.17, 15) is 19.1 Å². The van der Waals surface area contributed by atoms with Crippen LogP contribution < -0.4 is 0 Å². The van der Waals surface area contributed by atoms with Crippen LogP contribution in [0.4, 0.5) is 4.39 Å². The summed E-state index contributed by atoms with van der Waals surface area (Å²) in [4.78, 5) is 31.1. The van der Waals surface area contributed by atoms with Gasteiger partial charge in [0.25, 0.3) is 11.7 Å². The Morgan fingerprint density at radius 3 is 2.47 bits per heavy atom. The van der Waals surface area contributed by atoms with E-state index in [0.717, 1.165) is 0 Å². The predicted molar refractivity (Wildman–Crippen MR) is 110 cm³/mol. The molecule has 1 aliphatic heterocycles. The van der Waals surface area contributed by atoms with Crippen molar-refractivity contribution in [3.63, 3.8) is 0 Å². The van der Waals surface area contributed by atoms with E-state index in [0.29, 0.717) is 16.1 Å². The Balaban J connectivity index is 1.88. The van der Waals surface area contributed by atoms with Crippen molar-refractivity contribution in [3.05, 3.63) is 106 Å². The highest BCUT2D eigenvalue weighted by molar-refractivity contribution is 6.46. The highest BCUT2D eigenvalue weighted by Crippen LogP contribution is 2.41. The summed E-state index contributed by atoms with van der Waals surface area (Å²) in [5, 5.41) is 11.4. The van der Waals surface area contributed by atoms with Gasteiger partial charge < -0.3 is 10.0 Å². The number of carbonyl (C=O) groups excluding carboxylic acids is 2. The summed E-state index contributed by atoms with van der Waals surface area (Å²) >= 11 is 5.90. The fourth-order valence-electron chi connectivity index (χ4n) is 3.51. The molecule has 0 aliphatic carbocycles. The zero-order chi connectivity index (χ0) is 21.3. The molecule has 0 unspecified atom stereocenters. The zero-order valence-electron chi connectivity index (χ0n) is 15.6. The molecule has 1 atom stereocenters. The Kier molecular flexibility index (Phi) is 5.33. The van der Waals surface area contributed by atoms with E-state index in [1.807, 2.05) is 0 Å². The average molecular weight is 423 g/mol. The van der Waals surface area contributed by atoms with E-state index in [4.69, 9.17) is 11.6 Å². The lowest BCUT2D eigenvalue weighted by Gasteiger charge is -2.25. The highest BCUT2D eigenvalue weighted by Gasteiger charge is 2.46. The van der Waals surface area contributed by atoms with Crippen molar-refractivity contribution in [3.8, 4) is 0 Å². The van der Waals surface area contributed by atoms with Gasteiger partial charge in [-0.3, -0.25) is 14.6 Å². The first-order chi connectivity index (χ1) is 14.5. The number of pyridine rings is 1. The molecule has 4 rings (SSSR count). The number of Topliss-reactive ketones (excluding diaryl/α,β-unsaturated/α-hetero) is 1. The molecule has 1 aliphatic rings. The summed E-state index contributed by atoms with van der Waals surface area (Å²) in [7, 11) is 0. The molecular weight excluding hydrogens is 407 g/mol. The number of aromatic nitrogens is 1. The minimum atomic E-state index is -1.08. The molecule has 1 N–H and O–H groups in total. The number of hydrogen-bond donors (Lipinski definition) is 1. The SMILES string of the molecule is O=C1C(=O)N(Cc2cccnc2)[C@@H](c2ccccc2F)/C1=C(\O)c1ccc(Cl)cc1. The van der Waals surface area contributed by atoms with E-state index in [-0.39, 0.29) is 23.4 Å². The maximum atomic E-state index is 14.7. The van der Waals surface area contributed by atoms with E-state index in [2.05, 4.69) is 4.98 Å².